The van der Waals surface area contributed by atoms with Gasteiger partial charge in [-0.1, -0.05) is 209 Å². The van der Waals surface area contributed by atoms with Crippen molar-refractivity contribution in [3.63, 3.8) is 0 Å². The molecule has 0 atom stereocenters. The van der Waals surface area contributed by atoms with E-state index in [9.17, 15) is 0 Å². The molecule has 2 aliphatic heterocycles. The summed E-state index contributed by atoms with van der Waals surface area (Å²) in [5.41, 5.74) is 10.9. The van der Waals surface area contributed by atoms with Gasteiger partial charge in [0.1, 0.15) is 40.3 Å². The summed E-state index contributed by atoms with van der Waals surface area (Å²) >= 11 is 0. The van der Waals surface area contributed by atoms with E-state index >= 15 is 0 Å². The fourth-order valence-electron chi connectivity index (χ4n) is 12.6. The maximum Gasteiger partial charge on any atom is 0.531 e. The topological polar surface area (TPSA) is 72.8 Å². The van der Waals surface area contributed by atoms with Crippen LogP contribution in [0.2, 0.25) is 0 Å². The van der Waals surface area contributed by atoms with Crippen molar-refractivity contribution < 1.29 is 27.0 Å². The normalized spacial score (nSPS) is 13.8. The Morgan fingerprint density at radius 1 is 0.425 bits per heavy atom. The van der Waals surface area contributed by atoms with Gasteiger partial charge in [-0.25, -0.2) is 4.98 Å². The van der Waals surface area contributed by atoms with E-state index in [0.717, 1.165) is 116 Å². The number of imidazole rings is 1. The summed E-state index contributed by atoms with van der Waals surface area (Å²) in [6, 6.07) is 96.6. The van der Waals surface area contributed by atoms with E-state index in [1.165, 1.54) is 5.56 Å². The van der Waals surface area contributed by atoms with Crippen molar-refractivity contribution in [1.29, 1.82) is 0 Å². The summed E-state index contributed by atoms with van der Waals surface area (Å²) in [7, 11) is -6.68. The fraction of sp³-hybridized carbons (Fsp3) is 0.0526. The number of pyridine rings is 1. The molecule has 5 heterocycles. The van der Waals surface area contributed by atoms with Gasteiger partial charge in [-0.15, -0.1) is 0 Å². The highest BCUT2D eigenvalue weighted by Gasteiger charge is 2.53. The third kappa shape index (κ3) is 8.80. The molecule has 0 saturated heterocycles. The minimum atomic E-state index is -3.34. The number of para-hydroxylation sites is 8. The zero-order valence-corrected chi connectivity index (χ0v) is 50.0. The Morgan fingerprint density at radius 3 is 1.54 bits per heavy atom. The van der Waals surface area contributed by atoms with Gasteiger partial charge in [-0.05, 0) is 118 Å². The minimum Gasteiger partial charge on any atom is -0.502 e. The van der Waals surface area contributed by atoms with Crippen molar-refractivity contribution in [1.82, 2.24) is 14.1 Å². The number of hydrogen-bond donors (Lipinski definition) is 0. The molecule has 87 heavy (non-hydrogen) atoms. The van der Waals surface area contributed by atoms with E-state index in [4.69, 9.17) is 27.4 Å². The van der Waals surface area contributed by atoms with E-state index < -0.39 is 17.1 Å². The zero-order valence-electron chi connectivity index (χ0n) is 48.0. The molecule has 16 rings (SSSR count). The summed E-state index contributed by atoms with van der Waals surface area (Å²) in [5.74, 6) is 5.21. The Labute approximate surface area is 506 Å². The van der Waals surface area contributed by atoms with E-state index in [-0.39, 0.29) is 5.41 Å². The highest BCUT2D eigenvalue weighted by Crippen LogP contribution is 2.42. The van der Waals surface area contributed by atoms with Crippen LogP contribution >= 0.6 is 0 Å². The number of rotatable bonds is 11. The van der Waals surface area contributed by atoms with Crippen LogP contribution in [0.1, 0.15) is 26.3 Å². The number of benzene rings is 11. The van der Waals surface area contributed by atoms with Crippen LogP contribution < -0.4 is 47.8 Å². The summed E-state index contributed by atoms with van der Waals surface area (Å²) in [6.45, 7) is 6.70. The molecule has 0 saturated carbocycles. The maximum absolute atomic E-state index is 7.09. The van der Waals surface area contributed by atoms with Crippen molar-refractivity contribution in [2.45, 2.75) is 26.2 Å². The van der Waals surface area contributed by atoms with Gasteiger partial charge in [0.2, 0.25) is 0 Å². The van der Waals surface area contributed by atoms with E-state index in [2.05, 4.69) is 247 Å². The quantitative estimate of drug-likeness (QED) is 0.0730. The molecule has 14 aromatic rings. The Kier molecular flexibility index (Phi) is 12.2. The maximum atomic E-state index is 7.09. The zero-order chi connectivity index (χ0) is 58.3. The van der Waals surface area contributed by atoms with E-state index in [1.54, 1.807) is 0 Å². The molecule has 0 bridgehead atoms. The standard InChI is InChI=1S/C76H56N4O5Si2/c1-76(2,3)54-44-45-77-74(48-54)80-66-35-11-10-32-64(66)65-43-42-57(50-69(65)80)81-56-25-20-24-55(49-56)78-51-79(68-37-13-12-36-67(68)78)75-62(52-22-18-30-60(46-52)86(58-26-6-4-7-27-58)82-70-38-14-15-39-71(70)83-86)33-21-34-63(75)53-23-19-31-61(47-53)87(59-28-8-5-9-29-59)84-72-40-16-17-41-73(72)85-87/h4-50H,1-3H3. The summed E-state index contributed by atoms with van der Waals surface area (Å²) in [6.07, 6.45) is 5.84. The van der Waals surface area contributed by atoms with Gasteiger partial charge in [0.05, 0.1) is 33.4 Å². The number of nitrogens with zero attached hydrogens (tertiary/aromatic N) is 4. The van der Waals surface area contributed by atoms with Gasteiger partial charge < -0.3 is 22.4 Å². The SMILES string of the molecule is CC(C)(C)c1ccnc(-n2c3ccccc3c3ccc(Oc4cccc(-n5[c-][n+](-c6c(-c7cccc([Si]8(c9ccccc9)Oc9ccccc9O8)c7)cccc6-c6cccc([Si]7(c8ccccc8)Oc8ccccc8O7)c6)c6ccccc65)c4)cc32)c1. The Hall–Kier alpha value is -10.7. The Morgan fingerprint density at radius 2 is 0.931 bits per heavy atom. The van der Waals surface area contributed by atoms with Crippen LogP contribution in [0, 0.1) is 6.33 Å². The van der Waals surface area contributed by atoms with Gasteiger partial charge in [0.25, 0.3) is 6.33 Å². The first-order valence-electron chi connectivity index (χ1n) is 29.3. The molecule has 0 spiro atoms. The molecular weight excluding hydrogens is 1110 g/mol. The number of ether oxygens (including phenoxy) is 1. The van der Waals surface area contributed by atoms with Crippen LogP contribution in [0.15, 0.2) is 285 Å². The third-order valence-corrected chi connectivity index (χ3v) is 23.1. The highest BCUT2D eigenvalue weighted by atomic mass is 28.4. The monoisotopic (exact) mass is 1160 g/mol. The van der Waals surface area contributed by atoms with Gasteiger partial charge in [0, 0.05) is 43.8 Å². The van der Waals surface area contributed by atoms with Crippen LogP contribution in [0.25, 0.3) is 72.3 Å². The molecule has 3 aromatic heterocycles. The van der Waals surface area contributed by atoms with Crippen LogP contribution in [0.5, 0.6) is 34.5 Å². The molecule has 0 fully saturated rings. The lowest BCUT2D eigenvalue weighted by molar-refractivity contribution is -0.571. The molecule has 0 aliphatic carbocycles. The Bertz CT molecular complexity index is 4790. The average Bonchev–Trinajstić information content (AvgIpc) is 2.29. The molecular formula is C76H56N4O5Si2. The first-order chi connectivity index (χ1) is 42.7. The molecule has 2 aliphatic rings. The van der Waals surface area contributed by atoms with Crippen molar-refractivity contribution in [3.05, 3.63) is 297 Å². The molecule has 0 radical (unpaired) electrons. The predicted molar refractivity (Wildman–Crippen MR) is 350 cm³/mol. The molecule has 11 heteroatoms. The third-order valence-electron chi connectivity index (χ3n) is 16.7. The lowest BCUT2D eigenvalue weighted by Crippen LogP contribution is -2.66. The smallest absolute Gasteiger partial charge is 0.502 e. The first kappa shape index (κ1) is 51.9. The van der Waals surface area contributed by atoms with Gasteiger partial charge in [0.15, 0.2) is 0 Å². The molecule has 418 valence electrons. The Balaban J connectivity index is 0.851. The van der Waals surface area contributed by atoms with Crippen LogP contribution in [-0.2, 0) is 5.41 Å². The highest BCUT2D eigenvalue weighted by molar-refractivity contribution is 6.94. The number of aromatic nitrogens is 4. The molecule has 0 N–H and O–H groups in total. The fourth-order valence-corrected chi connectivity index (χ4v) is 18.8. The second-order valence-corrected chi connectivity index (χ2v) is 28.8. The van der Waals surface area contributed by atoms with Crippen LogP contribution in [0.3, 0.4) is 0 Å². The van der Waals surface area contributed by atoms with Crippen molar-refractivity contribution in [3.8, 4) is 73.9 Å². The van der Waals surface area contributed by atoms with E-state index in [1.807, 2.05) is 79.0 Å². The molecule has 9 nitrogen and oxygen atoms in total. The molecule has 0 amide bonds. The summed E-state index contributed by atoms with van der Waals surface area (Å²) in [4.78, 5) is 4.93. The lowest BCUT2D eigenvalue weighted by atomic mass is 9.88. The van der Waals surface area contributed by atoms with Crippen LogP contribution in [0.4, 0.5) is 0 Å². The van der Waals surface area contributed by atoms with Gasteiger partial charge in [-0.2, -0.15) is 0 Å². The second-order valence-electron chi connectivity index (χ2n) is 23.2. The second kappa shape index (κ2) is 20.5. The average molecular weight is 1160 g/mol. The van der Waals surface area contributed by atoms with Gasteiger partial charge >= 0.3 is 17.1 Å². The molecule has 11 aromatic carbocycles. The van der Waals surface area contributed by atoms with Crippen molar-refractivity contribution >= 4 is 70.7 Å². The van der Waals surface area contributed by atoms with Crippen molar-refractivity contribution in [2.24, 2.45) is 0 Å². The summed E-state index contributed by atoms with van der Waals surface area (Å²) < 4.78 is 41.9. The number of fused-ring (bicyclic) bond motifs is 6. The summed E-state index contributed by atoms with van der Waals surface area (Å²) in [5, 5.41) is 6.26. The van der Waals surface area contributed by atoms with Crippen LogP contribution in [-0.4, -0.2) is 31.2 Å². The number of hydrogen-bond acceptors (Lipinski definition) is 6. The van der Waals surface area contributed by atoms with Crippen molar-refractivity contribution in [2.75, 3.05) is 0 Å². The molecule has 0 unspecified atom stereocenters. The predicted octanol–water partition coefficient (Wildman–Crippen LogP) is 14.7. The van der Waals surface area contributed by atoms with Gasteiger partial charge in [-0.3, -0.25) is 13.7 Å². The first-order valence-corrected chi connectivity index (χ1v) is 32.9. The minimum absolute atomic E-state index is 0.0496. The lowest BCUT2D eigenvalue weighted by Gasteiger charge is -2.26. The van der Waals surface area contributed by atoms with E-state index in [0.29, 0.717) is 11.5 Å². The largest absolute Gasteiger partial charge is 0.531 e.